The second-order valence-corrected chi connectivity index (χ2v) is 4.99. The maximum atomic E-state index is 5.96. The third-order valence-electron chi connectivity index (χ3n) is 2.69. The van der Waals surface area contributed by atoms with Gasteiger partial charge in [0.25, 0.3) is 0 Å². The fraction of sp³-hybridized carbons (Fsp3) is 0.769. The van der Waals surface area contributed by atoms with Crippen molar-refractivity contribution < 1.29 is 4.74 Å². The van der Waals surface area contributed by atoms with Crippen LogP contribution in [0.15, 0.2) is 12.4 Å². The molecule has 0 aliphatic heterocycles. The fourth-order valence-electron chi connectivity index (χ4n) is 1.52. The standard InChI is InChI=1S/C13H25N3O/c1-6-16-9-12(7-15-16)17-13(10(2)3)8-14-11(4)5/h7,9-11,13-14H,6,8H2,1-5H3. The van der Waals surface area contributed by atoms with Gasteiger partial charge in [0.05, 0.1) is 12.4 Å². The summed E-state index contributed by atoms with van der Waals surface area (Å²) in [5.74, 6) is 1.34. The van der Waals surface area contributed by atoms with Crippen LogP contribution in [0.1, 0.15) is 34.6 Å². The van der Waals surface area contributed by atoms with Gasteiger partial charge in [-0.2, -0.15) is 5.10 Å². The SMILES string of the molecule is CCn1cc(OC(CNC(C)C)C(C)C)cn1. The maximum Gasteiger partial charge on any atom is 0.157 e. The Morgan fingerprint density at radius 3 is 2.53 bits per heavy atom. The lowest BCUT2D eigenvalue weighted by Crippen LogP contribution is -2.38. The number of nitrogens with one attached hydrogen (secondary N) is 1. The number of hydrogen-bond donors (Lipinski definition) is 1. The summed E-state index contributed by atoms with van der Waals surface area (Å²) in [7, 11) is 0. The predicted molar refractivity (Wildman–Crippen MR) is 70.3 cm³/mol. The lowest BCUT2D eigenvalue weighted by Gasteiger charge is -2.23. The Hall–Kier alpha value is -1.03. The van der Waals surface area contributed by atoms with Crippen LogP contribution in [-0.4, -0.2) is 28.5 Å². The van der Waals surface area contributed by atoms with E-state index in [0.29, 0.717) is 12.0 Å². The molecule has 4 heteroatoms. The molecular formula is C13H25N3O. The van der Waals surface area contributed by atoms with Crippen LogP contribution in [0, 0.1) is 5.92 Å². The molecule has 1 atom stereocenters. The first-order valence-electron chi connectivity index (χ1n) is 6.45. The zero-order valence-corrected chi connectivity index (χ0v) is 11.6. The zero-order chi connectivity index (χ0) is 12.8. The van der Waals surface area contributed by atoms with Crippen molar-refractivity contribution in [3.05, 3.63) is 12.4 Å². The first kappa shape index (κ1) is 14.0. The highest BCUT2D eigenvalue weighted by Gasteiger charge is 2.16. The van der Waals surface area contributed by atoms with Crippen molar-refractivity contribution >= 4 is 0 Å². The van der Waals surface area contributed by atoms with E-state index >= 15 is 0 Å². The first-order valence-corrected chi connectivity index (χ1v) is 6.45. The van der Waals surface area contributed by atoms with Crippen molar-refractivity contribution in [3.63, 3.8) is 0 Å². The number of aromatic nitrogens is 2. The Morgan fingerprint density at radius 1 is 1.35 bits per heavy atom. The van der Waals surface area contributed by atoms with Crippen LogP contribution < -0.4 is 10.1 Å². The summed E-state index contributed by atoms with van der Waals surface area (Å²) < 4.78 is 7.84. The lowest BCUT2D eigenvalue weighted by molar-refractivity contribution is 0.146. The van der Waals surface area contributed by atoms with E-state index in [1.807, 2.05) is 10.9 Å². The molecule has 1 rings (SSSR count). The molecule has 1 N–H and O–H groups in total. The highest BCUT2D eigenvalue weighted by molar-refractivity contribution is 5.12. The van der Waals surface area contributed by atoms with Crippen molar-refractivity contribution in [1.29, 1.82) is 0 Å². The maximum absolute atomic E-state index is 5.96. The summed E-state index contributed by atoms with van der Waals surface area (Å²) in [6.45, 7) is 12.5. The smallest absolute Gasteiger partial charge is 0.157 e. The van der Waals surface area contributed by atoms with Gasteiger partial charge in [0, 0.05) is 19.1 Å². The number of ether oxygens (including phenoxy) is 1. The van der Waals surface area contributed by atoms with Gasteiger partial charge < -0.3 is 10.1 Å². The number of aryl methyl sites for hydroxylation is 1. The van der Waals surface area contributed by atoms with Gasteiger partial charge in [0.15, 0.2) is 5.75 Å². The average Bonchev–Trinajstić information content (AvgIpc) is 2.71. The molecule has 0 aromatic carbocycles. The van der Waals surface area contributed by atoms with Crippen molar-refractivity contribution in [2.45, 2.75) is 53.3 Å². The Kier molecular flexibility index (Phi) is 5.48. The average molecular weight is 239 g/mol. The summed E-state index contributed by atoms with van der Waals surface area (Å²) in [5.41, 5.74) is 0. The fourth-order valence-corrected chi connectivity index (χ4v) is 1.52. The molecule has 17 heavy (non-hydrogen) atoms. The Morgan fingerprint density at radius 2 is 2.06 bits per heavy atom. The minimum absolute atomic E-state index is 0.187. The molecule has 4 nitrogen and oxygen atoms in total. The second kappa shape index (κ2) is 6.64. The van der Waals surface area contributed by atoms with Crippen molar-refractivity contribution in [2.24, 2.45) is 5.92 Å². The molecule has 1 aromatic heterocycles. The molecule has 0 radical (unpaired) electrons. The normalized spacial score (nSPS) is 13.4. The van der Waals surface area contributed by atoms with E-state index in [9.17, 15) is 0 Å². The Labute approximate surface area is 104 Å². The molecule has 0 bridgehead atoms. The van der Waals surface area contributed by atoms with E-state index in [1.54, 1.807) is 6.20 Å². The highest BCUT2D eigenvalue weighted by Crippen LogP contribution is 2.14. The molecule has 1 heterocycles. The van der Waals surface area contributed by atoms with Gasteiger partial charge >= 0.3 is 0 Å². The zero-order valence-electron chi connectivity index (χ0n) is 11.6. The number of rotatable bonds is 7. The molecule has 0 saturated carbocycles. The Balaban J connectivity index is 2.53. The van der Waals surface area contributed by atoms with Crippen LogP contribution in [0.3, 0.4) is 0 Å². The third kappa shape index (κ3) is 4.77. The summed E-state index contributed by atoms with van der Waals surface area (Å²) in [6, 6.07) is 0.484. The minimum Gasteiger partial charge on any atom is -0.486 e. The van der Waals surface area contributed by atoms with E-state index in [4.69, 9.17) is 4.74 Å². The molecule has 0 amide bonds. The molecule has 0 fully saturated rings. The second-order valence-electron chi connectivity index (χ2n) is 4.99. The molecule has 0 saturated heterocycles. The molecule has 1 aromatic rings. The summed E-state index contributed by atoms with van der Waals surface area (Å²) >= 11 is 0. The van der Waals surface area contributed by atoms with Gasteiger partial charge in [-0.25, -0.2) is 0 Å². The van der Waals surface area contributed by atoms with Crippen LogP contribution in [-0.2, 0) is 6.54 Å². The van der Waals surface area contributed by atoms with Gasteiger partial charge in [-0.15, -0.1) is 0 Å². The molecule has 98 valence electrons. The van der Waals surface area contributed by atoms with E-state index < -0.39 is 0 Å². The highest BCUT2D eigenvalue weighted by atomic mass is 16.5. The van der Waals surface area contributed by atoms with Gasteiger partial charge in [0.1, 0.15) is 6.10 Å². The minimum atomic E-state index is 0.187. The summed E-state index contributed by atoms with van der Waals surface area (Å²) in [4.78, 5) is 0. The van der Waals surface area contributed by atoms with E-state index in [1.165, 1.54) is 0 Å². The quantitative estimate of drug-likeness (QED) is 0.793. The molecular weight excluding hydrogens is 214 g/mol. The van der Waals surface area contributed by atoms with Gasteiger partial charge in [-0.1, -0.05) is 27.7 Å². The first-order chi connectivity index (χ1) is 8.02. The van der Waals surface area contributed by atoms with Crippen LogP contribution in [0.5, 0.6) is 5.75 Å². The molecule has 1 unspecified atom stereocenters. The molecule has 0 spiro atoms. The van der Waals surface area contributed by atoms with Crippen molar-refractivity contribution in [1.82, 2.24) is 15.1 Å². The lowest BCUT2D eigenvalue weighted by atomic mass is 10.1. The van der Waals surface area contributed by atoms with E-state index in [0.717, 1.165) is 18.8 Å². The largest absolute Gasteiger partial charge is 0.486 e. The molecule has 0 aliphatic carbocycles. The van der Waals surface area contributed by atoms with E-state index in [-0.39, 0.29) is 6.10 Å². The van der Waals surface area contributed by atoms with Crippen LogP contribution >= 0.6 is 0 Å². The van der Waals surface area contributed by atoms with Crippen LogP contribution in [0.4, 0.5) is 0 Å². The predicted octanol–water partition coefficient (Wildman–Crippen LogP) is 2.30. The third-order valence-corrected chi connectivity index (χ3v) is 2.69. The van der Waals surface area contributed by atoms with Gasteiger partial charge in [-0.3, -0.25) is 4.68 Å². The monoisotopic (exact) mass is 239 g/mol. The summed E-state index contributed by atoms with van der Waals surface area (Å²) in [6.07, 6.45) is 3.92. The number of hydrogen-bond acceptors (Lipinski definition) is 3. The van der Waals surface area contributed by atoms with E-state index in [2.05, 4.69) is 45.0 Å². The van der Waals surface area contributed by atoms with Gasteiger partial charge in [-0.05, 0) is 12.8 Å². The molecule has 0 aliphatic rings. The van der Waals surface area contributed by atoms with Crippen molar-refractivity contribution in [3.8, 4) is 5.75 Å². The van der Waals surface area contributed by atoms with Crippen molar-refractivity contribution in [2.75, 3.05) is 6.54 Å². The number of nitrogens with zero attached hydrogens (tertiary/aromatic N) is 2. The van der Waals surface area contributed by atoms with Crippen LogP contribution in [0.25, 0.3) is 0 Å². The summed E-state index contributed by atoms with van der Waals surface area (Å²) in [5, 5.41) is 7.63. The Bertz CT molecular complexity index is 320. The van der Waals surface area contributed by atoms with Crippen LogP contribution in [0.2, 0.25) is 0 Å². The van der Waals surface area contributed by atoms with Gasteiger partial charge in [0.2, 0.25) is 0 Å². The topological polar surface area (TPSA) is 39.1 Å².